The zero-order valence-corrected chi connectivity index (χ0v) is 17.5. The molecule has 0 saturated carbocycles. The molecule has 152 valence electrons. The number of sulfonamides is 1. The average molecular weight is 432 g/mol. The molecule has 1 amide bonds. The molecule has 2 aromatic carbocycles. The van der Waals surface area contributed by atoms with Crippen LogP contribution in [0.3, 0.4) is 0 Å². The van der Waals surface area contributed by atoms with Gasteiger partial charge in [0.1, 0.15) is 5.75 Å². The monoisotopic (exact) mass is 431 g/mol. The second kappa shape index (κ2) is 8.10. The molecule has 1 aromatic heterocycles. The van der Waals surface area contributed by atoms with E-state index < -0.39 is 15.9 Å². The van der Waals surface area contributed by atoms with Crippen LogP contribution in [0.1, 0.15) is 12.8 Å². The molecule has 1 fully saturated rings. The normalized spacial score (nSPS) is 17.9. The lowest BCUT2D eigenvalue weighted by atomic mass is 9.99. The summed E-state index contributed by atoms with van der Waals surface area (Å²) < 4.78 is 33.4. The highest BCUT2D eigenvalue weighted by atomic mass is 32.2. The third kappa shape index (κ3) is 4.12. The van der Waals surface area contributed by atoms with Crippen LogP contribution in [0, 0.1) is 5.92 Å². The second-order valence-corrected chi connectivity index (χ2v) is 9.82. The second-order valence-electron chi connectivity index (χ2n) is 6.85. The Bertz CT molecular complexity index is 1090. The van der Waals surface area contributed by atoms with E-state index in [4.69, 9.17) is 4.74 Å². The summed E-state index contributed by atoms with van der Waals surface area (Å²) in [6.45, 7) is 0.560. The molecule has 29 heavy (non-hydrogen) atoms. The number of nitrogens with zero attached hydrogens (tertiary/aromatic N) is 2. The maximum absolute atomic E-state index is 13.0. The molecule has 0 aliphatic carbocycles. The zero-order valence-electron chi connectivity index (χ0n) is 15.9. The van der Waals surface area contributed by atoms with Gasteiger partial charge in [-0.1, -0.05) is 23.5 Å². The number of para-hydroxylation sites is 1. The predicted molar refractivity (Wildman–Crippen MR) is 113 cm³/mol. The fourth-order valence-corrected chi connectivity index (χ4v) is 5.80. The molecule has 3 aromatic rings. The number of carbonyl (C=O) groups excluding carboxylic acids is 1. The number of rotatable bonds is 5. The van der Waals surface area contributed by atoms with Gasteiger partial charge in [-0.05, 0) is 49.2 Å². The van der Waals surface area contributed by atoms with Crippen molar-refractivity contribution in [3.63, 3.8) is 0 Å². The number of hydrogen-bond donors (Lipinski definition) is 1. The fraction of sp³-hybridized carbons (Fsp3) is 0.300. The van der Waals surface area contributed by atoms with Crippen molar-refractivity contribution in [1.29, 1.82) is 0 Å². The lowest BCUT2D eigenvalue weighted by Crippen LogP contribution is -2.43. The molecular formula is C20H21N3O4S2. The molecule has 0 radical (unpaired) electrons. The maximum Gasteiger partial charge on any atom is 0.243 e. The van der Waals surface area contributed by atoms with Crippen molar-refractivity contribution in [1.82, 2.24) is 9.29 Å². The minimum Gasteiger partial charge on any atom is -0.497 e. The summed E-state index contributed by atoms with van der Waals surface area (Å²) in [5.41, 5.74) is 0.833. The summed E-state index contributed by atoms with van der Waals surface area (Å²) in [5, 5.41) is 3.39. The topological polar surface area (TPSA) is 88.6 Å². The molecule has 1 aliphatic heterocycles. The molecule has 0 spiro atoms. The molecular weight excluding hydrogens is 410 g/mol. The Hall–Kier alpha value is -2.49. The van der Waals surface area contributed by atoms with Crippen molar-refractivity contribution in [2.45, 2.75) is 17.7 Å². The molecule has 4 rings (SSSR count). The van der Waals surface area contributed by atoms with E-state index >= 15 is 0 Å². The van der Waals surface area contributed by atoms with Gasteiger partial charge in [0.25, 0.3) is 0 Å². The fourth-order valence-electron chi connectivity index (χ4n) is 3.40. The highest BCUT2D eigenvalue weighted by Crippen LogP contribution is 2.28. The number of nitrogens with one attached hydrogen (secondary N) is 1. The van der Waals surface area contributed by atoms with Gasteiger partial charge < -0.3 is 10.1 Å². The van der Waals surface area contributed by atoms with Crippen molar-refractivity contribution in [2.24, 2.45) is 5.92 Å². The van der Waals surface area contributed by atoms with Crippen LogP contribution in [0.15, 0.2) is 53.4 Å². The number of methoxy groups -OCH3 is 1. The van der Waals surface area contributed by atoms with E-state index in [9.17, 15) is 13.2 Å². The highest BCUT2D eigenvalue weighted by molar-refractivity contribution is 7.89. The summed E-state index contributed by atoms with van der Waals surface area (Å²) in [6, 6.07) is 14.0. The minimum absolute atomic E-state index is 0.158. The smallest absolute Gasteiger partial charge is 0.243 e. The molecule has 0 bridgehead atoms. The molecule has 1 saturated heterocycles. The van der Waals surface area contributed by atoms with Gasteiger partial charge in [-0.25, -0.2) is 13.4 Å². The minimum atomic E-state index is -3.66. The van der Waals surface area contributed by atoms with Gasteiger partial charge in [0.05, 0.1) is 28.1 Å². The molecule has 9 heteroatoms. The number of amides is 1. The van der Waals surface area contributed by atoms with Gasteiger partial charge in [0.2, 0.25) is 15.9 Å². The predicted octanol–water partition coefficient (Wildman–Crippen LogP) is 3.34. The number of piperidine rings is 1. The van der Waals surface area contributed by atoms with Crippen molar-refractivity contribution >= 4 is 42.6 Å². The summed E-state index contributed by atoms with van der Waals surface area (Å²) in [6.07, 6.45) is 1.28. The van der Waals surface area contributed by atoms with E-state index in [0.29, 0.717) is 30.3 Å². The molecule has 1 atom stereocenters. The quantitative estimate of drug-likeness (QED) is 0.669. The first-order chi connectivity index (χ1) is 14.0. The van der Waals surface area contributed by atoms with Crippen molar-refractivity contribution in [3.8, 4) is 5.75 Å². The van der Waals surface area contributed by atoms with Crippen molar-refractivity contribution in [2.75, 3.05) is 25.5 Å². The zero-order chi connectivity index (χ0) is 20.4. The van der Waals surface area contributed by atoms with Gasteiger partial charge in [-0.15, -0.1) is 0 Å². The van der Waals surface area contributed by atoms with Crippen LogP contribution >= 0.6 is 11.3 Å². The molecule has 1 N–H and O–H groups in total. The molecule has 2 heterocycles. The first-order valence-electron chi connectivity index (χ1n) is 9.28. The molecule has 0 unspecified atom stereocenters. The molecule has 1 aliphatic rings. The Morgan fingerprint density at radius 2 is 1.97 bits per heavy atom. The number of anilines is 1. The number of benzene rings is 2. The van der Waals surface area contributed by atoms with E-state index in [1.165, 1.54) is 34.9 Å². The number of hydrogen-bond acceptors (Lipinski definition) is 6. The summed E-state index contributed by atoms with van der Waals surface area (Å²) in [7, 11) is -2.13. The van der Waals surface area contributed by atoms with Crippen LogP contribution in [0.4, 0.5) is 5.13 Å². The van der Waals surface area contributed by atoms with Crippen LogP contribution in [0.25, 0.3) is 10.2 Å². The van der Waals surface area contributed by atoms with Crippen LogP contribution in [0.5, 0.6) is 5.75 Å². The van der Waals surface area contributed by atoms with Crippen molar-refractivity contribution < 1.29 is 17.9 Å². The highest BCUT2D eigenvalue weighted by Gasteiger charge is 2.33. The summed E-state index contributed by atoms with van der Waals surface area (Å²) in [4.78, 5) is 17.4. The van der Waals surface area contributed by atoms with E-state index in [2.05, 4.69) is 10.3 Å². The lowest BCUT2D eigenvalue weighted by molar-refractivity contribution is -0.120. The summed E-state index contributed by atoms with van der Waals surface area (Å²) in [5.74, 6) is -0.0156. The number of thiazole rings is 1. The third-order valence-corrected chi connectivity index (χ3v) is 7.81. The van der Waals surface area contributed by atoms with Crippen molar-refractivity contribution in [3.05, 3.63) is 48.5 Å². The van der Waals surface area contributed by atoms with Gasteiger partial charge in [-0.2, -0.15) is 4.31 Å². The standard InChI is InChI=1S/C20H21N3O4S2/c1-27-15-8-10-16(11-9-15)29(25,26)23-12-4-5-14(13-23)19(24)22-20-21-17-6-2-3-7-18(17)28-20/h2-3,6-11,14H,4-5,12-13H2,1H3,(H,21,22,24)/t14-/m0/s1. The first-order valence-corrected chi connectivity index (χ1v) is 11.5. The number of carbonyl (C=O) groups is 1. The van der Waals surface area contributed by atoms with Gasteiger partial charge in [0, 0.05) is 13.1 Å². The van der Waals surface area contributed by atoms with Gasteiger partial charge >= 0.3 is 0 Å². The average Bonchev–Trinajstić information content (AvgIpc) is 3.16. The van der Waals surface area contributed by atoms with Crippen LogP contribution in [0.2, 0.25) is 0 Å². The lowest BCUT2D eigenvalue weighted by Gasteiger charge is -2.31. The van der Waals surface area contributed by atoms with E-state index in [0.717, 1.165) is 10.2 Å². The first kappa shape index (κ1) is 19.8. The van der Waals surface area contributed by atoms with Gasteiger partial charge in [0.15, 0.2) is 5.13 Å². The van der Waals surface area contributed by atoms with E-state index in [1.807, 2.05) is 24.3 Å². The number of ether oxygens (including phenoxy) is 1. The molecule has 7 nitrogen and oxygen atoms in total. The Morgan fingerprint density at radius 3 is 2.69 bits per heavy atom. The van der Waals surface area contributed by atoms with E-state index in [-0.39, 0.29) is 17.3 Å². The Balaban J connectivity index is 1.47. The number of aromatic nitrogens is 1. The Morgan fingerprint density at radius 1 is 1.21 bits per heavy atom. The SMILES string of the molecule is COc1ccc(S(=O)(=O)N2CCC[C@H](C(=O)Nc3nc4ccccc4s3)C2)cc1. The number of fused-ring (bicyclic) bond motifs is 1. The third-order valence-electron chi connectivity index (χ3n) is 4.98. The van der Waals surface area contributed by atoms with Gasteiger partial charge in [-0.3, -0.25) is 4.79 Å². The summed E-state index contributed by atoms with van der Waals surface area (Å²) >= 11 is 1.41. The van der Waals surface area contributed by atoms with Crippen LogP contribution < -0.4 is 10.1 Å². The maximum atomic E-state index is 13.0. The van der Waals surface area contributed by atoms with Crippen LogP contribution in [-0.2, 0) is 14.8 Å². The van der Waals surface area contributed by atoms with Crippen LogP contribution in [-0.4, -0.2) is 43.8 Å². The van der Waals surface area contributed by atoms with E-state index in [1.54, 1.807) is 12.1 Å². The largest absolute Gasteiger partial charge is 0.497 e. The Kier molecular flexibility index (Phi) is 5.53. The Labute approximate surface area is 173 Å².